The van der Waals surface area contributed by atoms with Crippen molar-refractivity contribution in [3.8, 4) is 51.2 Å². The van der Waals surface area contributed by atoms with Gasteiger partial charge in [-0.05, 0) is 45.8 Å². The maximum absolute atomic E-state index is 5.36. The third-order valence-corrected chi connectivity index (χ3v) is 8.65. The highest BCUT2D eigenvalue weighted by Gasteiger charge is 2.25. The molecular formula is C42H27N5. The van der Waals surface area contributed by atoms with E-state index in [-0.39, 0.29) is 0 Å². The van der Waals surface area contributed by atoms with Gasteiger partial charge in [-0.3, -0.25) is 4.57 Å². The van der Waals surface area contributed by atoms with Gasteiger partial charge in [0.2, 0.25) is 0 Å². The molecule has 0 spiro atoms. The average molecular weight is 602 g/mol. The van der Waals surface area contributed by atoms with Crippen LogP contribution in [-0.2, 0) is 0 Å². The molecule has 9 aromatic rings. The Morgan fingerprint density at radius 1 is 0.340 bits per heavy atom. The highest BCUT2D eigenvalue weighted by Crippen LogP contribution is 2.45. The van der Waals surface area contributed by atoms with Gasteiger partial charge in [0, 0.05) is 27.9 Å². The molecule has 7 aromatic carbocycles. The summed E-state index contributed by atoms with van der Waals surface area (Å²) in [4.78, 5) is 20.8. The number of hydrogen-bond acceptors (Lipinski definition) is 4. The van der Waals surface area contributed by atoms with E-state index in [1.165, 1.54) is 0 Å². The van der Waals surface area contributed by atoms with E-state index in [1.807, 2.05) is 72.8 Å². The molecule has 0 amide bonds. The van der Waals surface area contributed by atoms with Gasteiger partial charge in [0.1, 0.15) is 5.82 Å². The molecule has 0 aliphatic rings. The second kappa shape index (κ2) is 11.2. The van der Waals surface area contributed by atoms with Crippen molar-refractivity contribution < 1.29 is 0 Å². The summed E-state index contributed by atoms with van der Waals surface area (Å²) in [5.74, 6) is 2.67. The maximum atomic E-state index is 5.36. The number of imidazole rings is 1. The van der Waals surface area contributed by atoms with E-state index in [0.29, 0.717) is 17.5 Å². The summed E-state index contributed by atoms with van der Waals surface area (Å²) in [5.41, 5.74) is 6.73. The second-order valence-corrected chi connectivity index (χ2v) is 11.5. The van der Waals surface area contributed by atoms with Crippen molar-refractivity contribution in [1.29, 1.82) is 0 Å². The van der Waals surface area contributed by atoms with Crippen LogP contribution in [0.3, 0.4) is 0 Å². The van der Waals surface area contributed by atoms with Crippen molar-refractivity contribution in [2.45, 2.75) is 0 Å². The molecule has 0 unspecified atom stereocenters. The Balaban J connectivity index is 1.47. The lowest BCUT2D eigenvalue weighted by Crippen LogP contribution is -2.04. The summed E-state index contributed by atoms with van der Waals surface area (Å²) in [6.07, 6.45) is 0. The average Bonchev–Trinajstić information content (AvgIpc) is 3.54. The smallest absolute Gasteiger partial charge is 0.165 e. The van der Waals surface area contributed by atoms with Gasteiger partial charge < -0.3 is 0 Å². The van der Waals surface area contributed by atoms with Crippen molar-refractivity contribution in [2.24, 2.45) is 0 Å². The number of nitrogens with zero attached hydrogens (tertiary/aromatic N) is 5. The van der Waals surface area contributed by atoms with Crippen molar-refractivity contribution in [3.63, 3.8) is 0 Å². The molecule has 5 heteroatoms. The maximum Gasteiger partial charge on any atom is 0.165 e. The van der Waals surface area contributed by atoms with E-state index in [9.17, 15) is 0 Å². The Morgan fingerprint density at radius 3 is 1.38 bits per heavy atom. The Morgan fingerprint density at radius 2 is 0.787 bits per heavy atom. The fraction of sp³-hybridized carbons (Fsp3) is 0. The summed E-state index contributed by atoms with van der Waals surface area (Å²) >= 11 is 0. The van der Waals surface area contributed by atoms with Crippen LogP contribution >= 0.6 is 0 Å². The zero-order valence-corrected chi connectivity index (χ0v) is 25.3. The van der Waals surface area contributed by atoms with Crippen molar-refractivity contribution >= 4 is 32.6 Å². The third-order valence-electron chi connectivity index (χ3n) is 8.65. The van der Waals surface area contributed by atoms with Crippen LogP contribution in [0.2, 0.25) is 0 Å². The molecule has 0 N–H and O–H groups in total. The lowest BCUT2D eigenvalue weighted by atomic mass is 9.90. The molecule has 5 nitrogen and oxygen atoms in total. The van der Waals surface area contributed by atoms with Crippen LogP contribution in [0.5, 0.6) is 0 Å². The van der Waals surface area contributed by atoms with E-state index >= 15 is 0 Å². The first-order valence-electron chi connectivity index (χ1n) is 15.7. The van der Waals surface area contributed by atoms with Gasteiger partial charge >= 0.3 is 0 Å². The summed E-state index contributed by atoms with van der Waals surface area (Å²) < 4.78 is 2.26. The van der Waals surface area contributed by atoms with Crippen LogP contribution in [0.25, 0.3) is 83.8 Å². The van der Waals surface area contributed by atoms with Crippen LogP contribution in [0.4, 0.5) is 0 Å². The molecule has 47 heavy (non-hydrogen) atoms. The summed E-state index contributed by atoms with van der Waals surface area (Å²) in [6.45, 7) is 0. The van der Waals surface area contributed by atoms with Gasteiger partial charge in [-0.15, -0.1) is 0 Å². The first-order valence-corrected chi connectivity index (χ1v) is 15.7. The molecule has 0 saturated heterocycles. The number of para-hydroxylation sites is 3. The van der Waals surface area contributed by atoms with Crippen molar-refractivity contribution in [2.75, 3.05) is 0 Å². The van der Waals surface area contributed by atoms with Crippen LogP contribution in [0.15, 0.2) is 164 Å². The van der Waals surface area contributed by atoms with Gasteiger partial charge in [-0.2, -0.15) is 0 Å². The predicted octanol–water partition coefficient (Wildman–Crippen LogP) is 10.2. The van der Waals surface area contributed by atoms with Crippen molar-refractivity contribution in [3.05, 3.63) is 164 Å². The highest BCUT2D eigenvalue weighted by molar-refractivity contribution is 6.21. The Hall–Kier alpha value is -6.46. The molecule has 0 atom stereocenters. The molecule has 0 aliphatic carbocycles. The fourth-order valence-electron chi connectivity index (χ4n) is 6.56. The Bertz CT molecular complexity index is 2500. The van der Waals surface area contributed by atoms with Gasteiger partial charge in [-0.1, -0.05) is 140 Å². The van der Waals surface area contributed by atoms with Crippen LogP contribution < -0.4 is 0 Å². The summed E-state index contributed by atoms with van der Waals surface area (Å²) in [7, 11) is 0. The van der Waals surface area contributed by atoms with E-state index in [4.69, 9.17) is 19.9 Å². The Labute approximate surface area is 271 Å². The van der Waals surface area contributed by atoms with Gasteiger partial charge in [0.25, 0.3) is 0 Å². The molecule has 9 rings (SSSR count). The van der Waals surface area contributed by atoms with Crippen LogP contribution in [0, 0.1) is 0 Å². The van der Waals surface area contributed by atoms with Crippen molar-refractivity contribution in [1.82, 2.24) is 24.5 Å². The molecule has 0 saturated carbocycles. The largest absolute Gasteiger partial charge is 0.292 e. The lowest BCUT2D eigenvalue weighted by Gasteiger charge is -2.19. The molecule has 0 fully saturated rings. The number of aromatic nitrogens is 5. The highest BCUT2D eigenvalue weighted by atomic mass is 15.1. The summed E-state index contributed by atoms with van der Waals surface area (Å²) in [5, 5.41) is 4.41. The summed E-state index contributed by atoms with van der Waals surface area (Å²) in [6, 6.07) is 56.1. The topological polar surface area (TPSA) is 56.5 Å². The molecule has 2 heterocycles. The quantitative estimate of drug-likeness (QED) is 0.184. The van der Waals surface area contributed by atoms with Gasteiger partial charge in [0.05, 0.1) is 11.0 Å². The Kier molecular flexibility index (Phi) is 6.39. The minimum atomic E-state index is 0.598. The fourth-order valence-corrected chi connectivity index (χ4v) is 6.56. The zero-order chi connectivity index (χ0) is 31.2. The molecule has 0 bridgehead atoms. The minimum absolute atomic E-state index is 0.598. The molecule has 0 radical (unpaired) electrons. The standard InChI is InChI=1S/C42H27N5/c1-4-16-28(17-5-1)39-44-40(29-18-6-2-7-19-29)46-41(45-39)37-33-24-12-10-22-31(33)32-23-11-13-25-34(32)38(37)42-43-35-26-14-15-27-36(35)47(42)30-20-8-3-9-21-30/h1-27H. The SMILES string of the molecule is c1ccc(-c2nc(-c3ccccc3)nc(-c3c(-c4nc5ccccc5n4-c4ccccc4)c4ccccc4c4ccccc34)n2)cc1. The van der Waals surface area contributed by atoms with E-state index in [2.05, 4.69) is 95.6 Å². The van der Waals surface area contributed by atoms with Gasteiger partial charge in [0.15, 0.2) is 17.5 Å². The first-order chi connectivity index (χ1) is 23.3. The molecule has 2 aromatic heterocycles. The van der Waals surface area contributed by atoms with Crippen LogP contribution in [0.1, 0.15) is 0 Å². The zero-order valence-electron chi connectivity index (χ0n) is 25.3. The van der Waals surface area contributed by atoms with Crippen LogP contribution in [-0.4, -0.2) is 24.5 Å². The monoisotopic (exact) mass is 601 g/mol. The van der Waals surface area contributed by atoms with E-state index in [0.717, 1.165) is 66.3 Å². The second-order valence-electron chi connectivity index (χ2n) is 11.5. The third kappa shape index (κ3) is 4.56. The van der Waals surface area contributed by atoms with E-state index < -0.39 is 0 Å². The molecule has 220 valence electrons. The number of benzene rings is 7. The molecular weight excluding hydrogens is 574 g/mol. The number of rotatable bonds is 5. The van der Waals surface area contributed by atoms with E-state index in [1.54, 1.807) is 0 Å². The van der Waals surface area contributed by atoms with Gasteiger partial charge in [-0.25, -0.2) is 19.9 Å². The molecule has 0 aliphatic heterocycles. The number of fused-ring (bicyclic) bond motifs is 4. The minimum Gasteiger partial charge on any atom is -0.292 e. The normalized spacial score (nSPS) is 11.4. The number of hydrogen-bond donors (Lipinski definition) is 0. The predicted molar refractivity (Wildman–Crippen MR) is 191 cm³/mol. The lowest BCUT2D eigenvalue weighted by molar-refractivity contribution is 1.07. The first kappa shape index (κ1) is 26.9.